The first-order valence-corrected chi connectivity index (χ1v) is 6.92. The van der Waals surface area contributed by atoms with Gasteiger partial charge in [0.25, 0.3) is 11.2 Å². The van der Waals surface area contributed by atoms with Crippen molar-refractivity contribution in [1.82, 2.24) is 9.78 Å². The highest BCUT2D eigenvalue weighted by Crippen LogP contribution is 2.22. The number of carbonyl (C=O) groups excluding carboxylic acids is 1. The average Bonchev–Trinajstić information content (AvgIpc) is 2.50. The smallest absolute Gasteiger partial charge is 0.269 e. The van der Waals surface area contributed by atoms with Gasteiger partial charge in [-0.15, -0.1) is 0 Å². The van der Waals surface area contributed by atoms with Crippen molar-refractivity contribution in [1.29, 1.82) is 0 Å². The quantitative estimate of drug-likeness (QED) is 0.685. The molecule has 2 aromatic rings. The molecule has 1 unspecified atom stereocenters. The molecule has 0 spiro atoms. The van der Waals surface area contributed by atoms with Crippen molar-refractivity contribution in [3.05, 3.63) is 62.1 Å². The second kappa shape index (κ2) is 6.39. The molecule has 0 aliphatic carbocycles. The number of aryl methyl sites for hydroxylation is 2. The third-order valence-corrected chi connectivity index (χ3v) is 3.38. The van der Waals surface area contributed by atoms with E-state index in [1.807, 2.05) is 0 Å². The minimum absolute atomic E-state index is 0.0508. The van der Waals surface area contributed by atoms with Gasteiger partial charge in [0.2, 0.25) is 5.91 Å². The Morgan fingerprint density at radius 2 is 2.00 bits per heavy atom. The van der Waals surface area contributed by atoms with Gasteiger partial charge in [-0.1, -0.05) is 0 Å². The largest absolute Gasteiger partial charge is 0.324 e. The van der Waals surface area contributed by atoms with Crippen LogP contribution in [0, 0.1) is 24.0 Å². The molecule has 0 aliphatic rings. The number of nitro benzene ring substituents is 1. The monoisotopic (exact) mass is 316 g/mol. The lowest BCUT2D eigenvalue weighted by atomic mass is 10.1. The Bertz CT molecular complexity index is 828. The summed E-state index contributed by atoms with van der Waals surface area (Å²) in [5.41, 5.74) is 1.21. The van der Waals surface area contributed by atoms with E-state index in [1.54, 1.807) is 26.8 Å². The summed E-state index contributed by atoms with van der Waals surface area (Å²) in [5.74, 6) is -0.429. The van der Waals surface area contributed by atoms with Crippen LogP contribution >= 0.6 is 0 Å². The van der Waals surface area contributed by atoms with Crippen LogP contribution in [0.25, 0.3) is 0 Å². The molecule has 23 heavy (non-hydrogen) atoms. The standard InChI is InChI=1S/C15H16N4O4/c1-9-8-12(19(22)23)5-6-13(9)16-15(21)11(3)18-14(20)7-4-10(2)17-18/h4-8,11H,1-3H3,(H,16,21). The van der Waals surface area contributed by atoms with Crippen LogP contribution in [0.3, 0.4) is 0 Å². The number of nitro groups is 1. The van der Waals surface area contributed by atoms with Crippen LogP contribution in [0.2, 0.25) is 0 Å². The number of non-ortho nitro benzene ring substituents is 1. The number of benzene rings is 1. The van der Waals surface area contributed by atoms with Crippen LogP contribution in [0.15, 0.2) is 35.1 Å². The molecule has 1 aromatic carbocycles. The number of anilines is 1. The Kier molecular flexibility index (Phi) is 4.54. The molecule has 0 saturated heterocycles. The molecule has 0 saturated carbocycles. The summed E-state index contributed by atoms with van der Waals surface area (Å²) < 4.78 is 1.10. The Balaban J connectivity index is 2.23. The summed E-state index contributed by atoms with van der Waals surface area (Å²) in [5, 5.41) is 17.4. The third-order valence-electron chi connectivity index (χ3n) is 3.38. The molecule has 1 aromatic heterocycles. The van der Waals surface area contributed by atoms with Crippen molar-refractivity contribution < 1.29 is 9.72 Å². The Hall–Kier alpha value is -3.03. The number of carbonyl (C=O) groups is 1. The molecule has 1 atom stereocenters. The van der Waals surface area contributed by atoms with Gasteiger partial charge in [-0.2, -0.15) is 5.10 Å². The minimum atomic E-state index is -0.808. The summed E-state index contributed by atoms with van der Waals surface area (Å²) in [7, 11) is 0. The Morgan fingerprint density at radius 1 is 1.30 bits per heavy atom. The van der Waals surface area contributed by atoms with Gasteiger partial charge >= 0.3 is 0 Å². The molecule has 1 amide bonds. The lowest BCUT2D eigenvalue weighted by molar-refractivity contribution is -0.384. The van der Waals surface area contributed by atoms with Gasteiger partial charge in [0, 0.05) is 23.9 Å². The zero-order valence-electron chi connectivity index (χ0n) is 12.9. The van der Waals surface area contributed by atoms with Crippen LogP contribution < -0.4 is 10.9 Å². The average molecular weight is 316 g/mol. The van der Waals surface area contributed by atoms with Crippen LogP contribution in [-0.4, -0.2) is 20.6 Å². The molecule has 1 heterocycles. The topological polar surface area (TPSA) is 107 Å². The van der Waals surface area contributed by atoms with Crippen LogP contribution in [0.5, 0.6) is 0 Å². The van der Waals surface area contributed by atoms with E-state index in [0.29, 0.717) is 16.9 Å². The molecular weight excluding hydrogens is 300 g/mol. The molecule has 0 fully saturated rings. The van der Waals surface area contributed by atoms with Crippen LogP contribution in [0.1, 0.15) is 24.2 Å². The number of hydrogen-bond acceptors (Lipinski definition) is 5. The van der Waals surface area contributed by atoms with E-state index in [-0.39, 0.29) is 11.2 Å². The summed E-state index contributed by atoms with van der Waals surface area (Å²) in [6.07, 6.45) is 0. The first-order valence-electron chi connectivity index (χ1n) is 6.92. The molecule has 2 rings (SSSR count). The highest BCUT2D eigenvalue weighted by Gasteiger charge is 2.19. The molecule has 120 valence electrons. The maximum atomic E-state index is 12.3. The van der Waals surface area contributed by atoms with E-state index in [2.05, 4.69) is 10.4 Å². The first kappa shape index (κ1) is 16.3. The van der Waals surface area contributed by atoms with Crippen molar-refractivity contribution in [2.24, 2.45) is 0 Å². The highest BCUT2D eigenvalue weighted by molar-refractivity contribution is 5.94. The molecule has 0 bridgehead atoms. The zero-order valence-corrected chi connectivity index (χ0v) is 12.9. The van der Waals surface area contributed by atoms with E-state index in [9.17, 15) is 19.7 Å². The van der Waals surface area contributed by atoms with Crippen molar-refractivity contribution in [2.45, 2.75) is 26.8 Å². The number of hydrogen-bond donors (Lipinski definition) is 1. The maximum absolute atomic E-state index is 12.3. The van der Waals surface area contributed by atoms with Gasteiger partial charge in [-0.3, -0.25) is 19.7 Å². The number of amides is 1. The fourth-order valence-corrected chi connectivity index (χ4v) is 2.05. The second-order valence-corrected chi connectivity index (χ2v) is 5.18. The molecule has 8 heteroatoms. The van der Waals surface area contributed by atoms with Gasteiger partial charge in [-0.05, 0) is 38.5 Å². The fourth-order valence-electron chi connectivity index (χ4n) is 2.05. The maximum Gasteiger partial charge on any atom is 0.269 e. The second-order valence-electron chi connectivity index (χ2n) is 5.18. The lowest BCUT2D eigenvalue weighted by Crippen LogP contribution is -2.33. The molecule has 1 N–H and O–H groups in total. The normalized spacial score (nSPS) is 11.8. The first-order chi connectivity index (χ1) is 10.8. The number of aromatic nitrogens is 2. The predicted molar refractivity (Wildman–Crippen MR) is 84.4 cm³/mol. The Labute approximate surface area is 131 Å². The number of nitrogens with zero attached hydrogens (tertiary/aromatic N) is 3. The van der Waals surface area contributed by atoms with Gasteiger partial charge in [-0.25, -0.2) is 4.68 Å². The molecular formula is C15H16N4O4. The van der Waals surface area contributed by atoms with E-state index in [0.717, 1.165) is 4.68 Å². The summed E-state index contributed by atoms with van der Waals surface area (Å²) in [4.78, 5) is 34.3. The van der Waals surface area contributed by atoms with Gasteiger partial charge < -0.3 is 5.32 Å². The van der Waals surface area contributed by atoms with Crippen molar-refractivity contribution in [3.63, 3.8) is 0 Å². The van der Waals surface area contributed by atoms with Crippen molar-refractivity contribution >= 4 is 17.3 Å². The van der Waals surface area contributed by atoms with E-state index in [1.165, 1.54) is 24.3 Å². The predicted octanol–water partition coefficient (Wildman–Crippen LogP) is 1.97. The SMILES string of the molecule is Cc1ccc(=O)n(C(C)C(=O)Nc2ccc([N+](=O)[O-])cc2C)n1. The molecule has 0 radical (unpaired) electrons. The van der Waals surface area contributed by atoms with Crippen LogP contribution in [0.4, 0.5) is 11.4 Å². The Morgan fingerprint density at radius 3 is 2.61 bits per heavy atom. The molecule has 8 nitrogen and oxygen atoms in total. The highest BCUT2D eigenvalue weighted by atomic mass is 16.6. The van der Waals surface area contributed by atoms with Gasteiger partial charge in [0.15, 0.2) is 0 Å². The van der Waals surface area contributed by atoms with Gasteiger partial charge in [0.1, 0.15) is 6.04 Å². The number of rotatable bonds is 4. The minimum Gasteiger partial charge on any atom is -0.324 e. The summed E-state index contributed by atoms with van der Waals surface area (Å²) in [6, 6.07) is 6.26. The summed E-state index contributed by atoms with van der Waals surface area (Å²) in [6.45, 7) is 4.94. The number of nitrogens with one attached hydrogen (secondary N) is 1. The van der Waals surface area contributed by atoms with Crippen molar-refractivity contribution in [3.8, 4) is 0 Å². The van der Waals surface area contributed by atoms with Crippen molar-refractivity contribution in [2.75, 3.05) is 5.32 Å². The van der Waals surface area contributed by atoms with E-state index >= 15 is 0 Å². The fraction of sp³-hybridized carbons (Fsp3) is 0.267. The van der Waals surface area contributed by atoms with E-state index in [4.69, 9.17) is 0 Å². The van der Waals surface area contributed by atoms with Crippen LogP contribution in [-0.2, 0) is 4.79 Å². The molecule has 0 aliphatic heterocycles. The van der Waals surface area contributed by atoms with E-state index < -0.39 is 16.9 Å². The van der Waals surface area contributed by atoms with Gasteiger partial charge in [0.05, 0.1) is 10.6 Å². The summed E-state index contributed by atoms with van der Waals surface area (Å²) >= 11 is 0. The zero-order chi connectivity index (χ0) is 17.1. The lowest BCUT2D eigenvalue weighted by Gasteiger charge is -2.15. The third kappa shape index (κ3) is 3.60.